The van der Waals surface area contributed by atoms with Crippen molar-refractivity contribution in [2.45, 2.75) is 20.4 Å². The van der Waals surface area contributed by atoms with Gasteiger partial charge in [-0.3, -0.25) is 19.5 Å². The first-order chi connectivity index (χ1) is 9.97. The molecule has 8 nitrogen and oxygen atoms in total. The van der Waals surface area contributed by atoms with E-state index in [0.717, 1.165) is 4.57 Å². The Morgan fingerprint density at radius 2 is 2.05 bits per heavy atom. The lowest BCUT2D eigenvalue weighted by Crippen LogP contribution is -2.35. The highest BCUT2D eigenvalue weighted by Gasteiger charge is 2.18. The van der Waals surface area contributed by atoms with Crippen molar-refractivity contribution in [3.05, 3.63) is 38.9 Å². The second-order valence-corrected chi connectivity index (χ2v) is 4.43. The number of carbonyl (C=O) groups is 1. The number of aromatic nitrogens is 1. The van der Waals surface area contributed by atoms with Gasteiger partial charge < -0.3 is 9.32 Å². The van der Waals surface area contributed by atoms with Gasteiger partial charge in [-0.15, -0.1) is 0 Å². The minimum atomic E-state index is -0.703. The molecule has 0 aliphatic heterocycles. The largest absolute Gasteiger partial charge is 0.420 e. The first-order valence-corrected chi connectivity index (χ1v) is 6.53. The van der Waals surface area contributed by atoms with Crippen molar-refractivity contribution in [2.24, 2.45) is 0 Å². The second-order valence-electron chi connectivity index (χ2n) is 4.43. The number of hydrogen-bond acceptors (Lipinski definition) is 5. The summed E-state index contributed by atoms with van der Waals surface area (Å²) >= 11 is 0. The van der Waals surface area contributed by atoms with Crippen molar-refractivity contribution in [1.82, 2.24) is 9.47 Å². The Balaban J connectivity index is 2.45. The summed E-state index contributed by atoms with van der Waals surface area (Å²) in [6.45, 7) is 4.53. The molecule has 0 saturated heterocycles. The Bertz CT molecular complexity index is 742. The van der Waals surface area contributed by atoms with E-state index in [1.54, 1.807) is 4.90 Å². The predicted molar refractivity (Wildman–Crippen MR) is 75.1 cm³/mol. The maximum atomic E-state index is 12.1. The predicted octanol–water partition coefficient (Wildman–Crippen LogP) is 1.37. The van der Waals surface area contributed by atoms with Crippen LogP contribution >= 0.6 is 0 Å². The number of non-ortho nitro benzene ring substituents is 1. The van der Waals surface area contributed by atoms with Gasteiger partial charge in [0.05, 0.1) is 10.4 Å². The molecule has 0 saturated carbocycles. The van der Waals surface area contributed by atoms with Crippen LogP contribution in [0.2, 0.25) is 0 Å². The smallest absolute Gasteiger partial charge is 0.408 e. The third kappa shape index (κ3) is 2.78. The topological polar surface area (TPSA) is 98.6 Å². The zero-order valence-electron chi connectivity index (χ0n) is 11.7. The Kier molecular flexibility index (Phi) is 4.06. The van der Waals surface area contributed by atoms with Gasteiger partial charge in [-0.1, -0.05) is 0 Å². The van der Waals surface area contributed by atoms with E-state index in [1.807, 2.05) is 13.8 Å². The first-order valence-electron chi connectivity index (χ1n) is 6.53. The van der Waals surface area contributed by atoms with Crippen LogP contribution in [-0.2, 0) is 11.3 Å². The van der Waals surface area contributed by atoms with Crippen molar-refractivity contribution >= 4 is 22.7 Å². The highest BCUT2D eigenvalue weighted by atomic mass is 16.6. The SMILES string of the molecule is CCN(CC)C(=O)Cn1c(=O)oc2ccc([N+](=O)[O-])cc21. The highest BCUT2D eigenvalue weighted by Crippen LogP contribution is 2.20. The van der Waals surface area contributed by atoms with E-state index in [-0.39, 0.29) is 29.2 Å². The molecule has 0 bridgehead atoms. The van der Waals surface area contributed by atoms with E-state index < -0.39 is 10.7 Å². The molecule has 0 unspecified atom stereocenters. The molecular formula is C13H15N3O5. The molecular weight excluding hydrogens is 278 g/mol. The zero-order chi connectivity index (χ0) is 15.6. The maximum absolute atomic E-state index is 12.1. The third-order valence-corrected chi connectivity index (χ3v) is 3.27. The molecule has 1 aromatic carbocycles. The number of hydrogen-bond donors (Lipinski definition) is 0. The number of nitro groups is 1. The van der Waals surface area contributed by atoms with Crippen LogP contribution in [0.4, 0.5) is 5.69 Å². The molecule has 2 aromatic rings. The number of amides is 1. The quantitative estimate of drug-likeness (QED) is 0.612. The fourth-order valence-corrected chi connectivity index (χ4v) is 2.13. The fourth-order valence-electron chi connectivity index (χ4n) is 2.13. The van der Waals surface area contributed by atoms with Crippen LogP contribution in [0.25, 0.3) is 11.1 Å². The zero-order valence-corrected chi connectivity index (χ0v) is 11.7. The van der Waals surface area contributed by atoms with Crippen LogP contribution in [0.5, 0.6) is 0 Å². The molecule has 0 radical (unpaired) electrons. The number of likely N-dealkylation sites (N-methyl/N-ethyl adjacent to an activating group) is 1. The van der Waals surface area contributed by atoms with E-state index in [1.165, 1.54) is 18.2 Å². The van der Waals surface area contributed by atoms with Gasteiger partial charge in [0.15, 0.2) is 5.58 Å². The molecule has 112 valence electrons. The summed E-state index contributed by atoms with van der Waals surface area (Å²) in [6.07, 6.45) is 0. The van der Waals surface area contributed by atoms with Crippen LogP contribution in [0, 0.1) is 10.1 Å². The van der Waals surface area contributed by atoms with Crippen molar-refractivity contribution in [3.8, 4) is 0 Å². The van der Waals surface area contributed by atoms with Gasteiger partial charge in [-0.05, 0) is 19.9 Å². The molecule has 0 aliphatic carbocycles. The van der Waals surface area contributed by atoms with Crippen molar-refractivity contribution < 1.29 is 14.1 Å². The monoisotopic (exact) mass is 293 g/mol. The standard InChI is InChI=1S/C13H15N3O5/c1-3-14(4-2)12(17)8-15-10-7-9(16(19)20)5-6-11(10)21-13(15)18/h5-7H,3-4,8H2,1-2H3. The van der Waals surface area contributed by atoms with Crippen LogP contribution in [-0.4, -0.2) is 33.4 Å². The van der Waals surface area contributed by atoms with Gasteiger partial charge in [0.1, 0.15) is 6.54 Å². The maximum Gasteiger partial charge on any atom is 0.420 e. The number of rotatable bonds is 5. The van der Waals surface area contributed by atoms with E-state index in [0.29, 0.717) is 13.1 Å². The minimum absolute atomic E-state index is 0.160. The number of fused-ring (bicyclic) bond motifs is 1. The minimum Gasteiger partial charge on any atom is -0.408 e. The van der Waals surface area contributed by atoms with Crippen molar-refractivity contribution in [1.29, 1.82) is 0 Å². The number of nitro benzene ring substituents is 1. The highest BCUT2D eigenvalue weighted by molar-refractivity contribution is 5.80. The lowest BCUT2D eigenvalue weighted by molar-refractivity contribution is -0.384. The van der Waals surface area contributed by atoms with Gasteiger partial charge in [0, 0.05) is 25.2 Å². The Morgan fingerprint density at radius 3 is 2.62 bits per heavy atom. The summed E-state index contributed by atoms with van der Waals surface area (Å²) in [6, 6.07) is 3.84. The van der Waals surface area contributed by atoms with Gasteiger partial charge >= 0.3 is 5.76 Å². The van der Waals surface area contributed by atoms with Crippen molar-refractivity contribution in [3.63, 3.8) is 0 Å². The van der Waals surface area contributed by atoms with E-state index in [4.69, 9.17) is 4.42 Å². The summed E-state index contributed by atoms with van der Waals surface area (Å²) in [5, 5.41) is 10.8. The Morgan fingerprint density at radius 1 is 1.38 bits per heavy atom. The Hall–Kier alpha value is -2.64. The van der Waals surface area contributed by atoms with Gasteiger partial charge in [0.25, 0.3) is 5.69 Å². The molecule has 0 aliphatic rings. The summed E-state index contributed by atoms with van der Waals surface area (Å²) in [5.41, 5.74) is 0.306. The van der Waals surface area contributed by atoms with E-state index in [9.17, 15) is 19.7 Å². The first kappa shape index (κ1) is 14.8. The molecule has 0 spiro atoms. The molecule has 0 fully saturated rings. The van der Waals surface area contributed by atoms with Crippen LogP contribution in [0.3, 0.4) is 0 Å². The average molecular weight is 293 g/mol. The lowest BCUT2D eigenvalue weighted by atomic mass is 10.3. The molecule has 1 aromatic heterocycles. The molecule has 1 amide bonds. The molecule has 0 atom stereocenters. The van der Waals surface area contributed by atoms with Crippen molar-refractivity contribution in [2.75, 3.05) is 13.1 Å². The fraction of sp³-hybridized carbons (Fsp3) is 0.385. The second kappa shape index (κ2) is 5.78. The van der Waals surface area contributed by atoms with Crippen LogP contribution < -0.4 is 5.76 Å². The Labute approximate surface area is 119 Å². The van der Waals surface area contributed by atoms with E-state index in [2.05, 4.69) is 0 Å². The summed E-state index contributed by atoms with van der Waals surface area (Å²) < 4.78 is 6.11. The molecule has 2 rings (SSSR count). The van der Waals surface area contributed by atoms with Crippen LogP contribution in [0.1, 0.15) is 13.8 Å². The number of oxazole rings is 1. The lowest BCUT2D eigenvalue weighted by Gasteiger charge is -2.18. The summed E-state index contributed by atoms with van der Waals surface area (Å²) in [4.78, 5) is 35.7. The van der Waals surface area contributed by atoms with Crippen LogP contribution in [0.15, 0.2) is 27.4 Å². The molecule has 0 N–H and O–H groups in total. The molecule has 21 heavy (non-hydrogen) atoms. The van der Waals surface area contributed by atoms with Gasteiger partial charge in [-0.25, -0.2) is 4.79 Å². The molecule has 8 heteroatoms. The van der Waals surface area contributed by atoms with Gasteiger partial charge in [-0.2, -0.15) is 0 Å². The van der Waals surface area contributed by atoms with E-state index >= 15 is 0 Å². The number of carbonyl (C=O) groups excluding carboxylic acids is 1. The molecule has 1 heterocycles. The average Bonchev–Trinajstić information content (AvgIpc) is 2.75. The third-order valence-electron chi connectivity index (χ3n) is 3.27. The summed E-state index contributed by atoms with van der Waals surface area (Å²) in [5.74, 6) is -0.942. The number of benzene rings is 1. The number of nitrogens with zero attached hydrogens (tertiary/aromatic N) is 3. The normalized spacial score (nSPS) is 10.8. The van der Waals surface area contributed by atoms with Gasteiger partial charge in [0.2, 0.25) is 5.91 Å². The summed E-state index contributed by atoms with van der Waals surface area (Å²) in [7, 11) is 0.